The molecule has 0 N–H and O–H groups in total. The van der Waals surface area contributed by atoms with E-state index in [9.17, 15) is 8.42 Å². The SMILES string of the molecule is CCSc1nnc(-c2nn(C)c3c2CN(S(=O)(=O)c2c(C)nn(C)c2C)CC3)n1C. The van der Waals surface area contributed by atoms with Gasteiger partial charge in [-0.25, -0.2) is 8.42 Å². The molecule has 10 nitrogen and oxygen atoms in total. The summed E-state index contributed by atoms with van der Waals surface area (Å²) in [5.41, 5.74) is 3.75. The van der Waals surface area contributed by atoms with E-state index in [-0.39, 0.29) is 6.54 Å². The molecule has 30 heavy (non-hydrogen) atoms. The summed E-state index contributed by atoms with van der Waals surface area (Å²) in [6, 6.07) is 0. The smallest absolute Gasteiger partial charge is 0.247 e. The number of aryl methyl sites for hydroxylation is 3. The molecule has 4 heterocycles. The zero-order valence-corrected chi connectivity index (χ0v) is 19.7. The molecule has 0 amide bonds. The lowest BCUT2D eigenvalue weighted by molar-refractivity contribution is 0.385. The third-order valence-electron chi connectivity index (χ3n) is 5.57. The van der Waals surface area contributed by atoms with Crippen LogP contribution in [-0.2, 0) is 44.1 Å². The van der Waals surface area contributed by atoms with E-state index >= 15 is 0 Å². The second-order valence-electron chi connectivity index (χ2n) is 7.41. The van der Waals surface area contributed by atoms with Crippen molar-refractivity contribution in [2.45, 2.75) is 43.8 Å². The number of aromatic nitrogens is 7. The van der Waals surface area contributed by atoms with Gasteiger partial charge in [0, 0.05) is 51.9 Å². The normalized spacial score (nSPS) is 15.0. The van der Waals surface area contributed by atoms with E-state index in [1.54, 1.807) is 37.3 Å². The van der Waals surface area contributed by atoms with Gasteiger partial charge in [0.2, 0.25) is 10.0 Å². The first-order chi connectivity index (χ1) is 14.2. The predicted octanol–water partition coefficient (Wildman–Crippen LogP) is 1.42. The summed E-state index contributed by atoms with van der Waals surface area (Å²) >= 11 is 1.61. The lowest BCUT2D eigenvalue weighted by atomic mass is 10.1. The van der Waals surface area contributed by atoms with E-state index < -0.39 is 10.0 Å². The molecular weight excluding hydrogens is 424 g/mol. The summed E-state index contributed by atoms with van der Waals surface area (Å²) in [7, 11) is 1.88. The van der Waals surface area contributed by atoms with Crippen LogP contribution in [0.15, 0.2) is 10.1 Å². The van der Waals surface area contributed by atoms with Crippen molar-refractivity contribution in [3.05, 3.63) is 22.6 Å². The summed E-state index contributed by atoms with van der Waals surface area (Å²) in [6.45, 7) is 6.23. The highest BCUT2D eigenvalue weighted by molar-refractivity contribution is 7.99. The lowest BCUT2D eigenvalue weighted by Crippen LogP contribution is -2.36. The molecule has 1 aliphatic rings. The first-order valence-corrected chi connectivity index (χ1v) is 12.2. The lowest BCUT2D eigenvalue weighted by Gasteiger charge is -2.27. The van der Waals surface area contributed by atoms with Crippen LogP contribution in [0.25, 0.3) is 11.5 Å². The van der Waals surface area contributed by atoms with Crippen molar-refractivity contribution in [2.75, 3.05) is 12.3 Å². The fraction of sp³-hybridized carbons (Fsp3) is 0.556. The van der Waals surface area contributed by atoms with E-state index in [4.69, 9.17) is 0 Å². The summed E-state index contributed by atoms with van der Waals surface area (Å²) in [5.74, 6) is 1.54. The molecule has 4 rings (SSSR count). The largest absolute Gasteiger partial charge is 0.304 e. The van der Waals surface area contributed by atoms with Gasteiger partial charge in [0.1, 0.15) is 10.6 Å². The second-order valence-corrected chi connectivity index (χ2v) is 10.5. The molecule has 12 heteroatoms. The number of hydrogen-bond acceptors (Lipinski definition) is 7. The minimum atomic E-state index is -3.68. The Hall–Kier alpha value is -2.18. The number of nitrogens with zero attached hydrogens (tertiary/aromatic N) is 8. The Balaban J connectivity index is 1.76. The van der Waals surface area contributed by atoms with E-state index in [1.165, 1.54) is 4.31 Å². The van der Waals surface area contributed by atoms with Crippen molar-refractivity contribution in [1.29, 1.82) is 0 Å². The van der Waals surface area contributed by atoms with E-state index in [1.807, 2.05) is 23.3 Å². The number of thioether (sulfide) groups is 1. The topological polar surface area (TPSA) is 104 Å². The second kappa shape index (κ2) is 7.50. The van der Waals surface area contributed by atoms with Crippen LogP contribution < -0.4 is 0 Å². The van der Waals surface area contributed by atoms with Crippen molar-refractivity contribution in [1.82, 2.24) is 38.6 Å². The molecule has 0 bridgehead atoms. The quantitative estimate of drug-likeness (QED) is 0.542. The van der Waals surface area contributed by atoms with Crippen molar-refractivity contribution in [2.24, 2.45) is 21.1 Å². The molecule has 0 aromatic carbocycles. The van der Waals surface area contributed by atoms with Crippen LogP contribution in [0.3, 0.4) is 0 Å². The average Bonchev–Trinajstić information content (AvgIpc) is 3.30. The number of fused-ring (bicyclic) bond motifs is 1. The van der Waals surface area contributed by atoms with Crippen LogP contribution in [0.5, 0.6) is 0 Å². The van der Waals surface area contributed by atoms with Gasteiger partial charge in [-0.05, 0) is 19.6 Å². The zero-order chi connectivity index (χ0) is 21.8. The van der Waals surface area contributed by atoms with E-state index in [0.717, 1.165) is 22.2 Å². The van der Waals surface area contributed by atoms with Gasteiger partial charge in [-0.15, -0.1) is 10.2 Å². The fourth-order valence-electron chi connectivity index (χ4n) is 3.98. The van der Waals surface area contributed by atoms with Crippen LogP contribution in [0.1, 0.15) is 29.6 Å². The molecule has 0 unspecified atom stereocenters. The first-order valence-electron chi connectivity index (χ1n) is 9.74. The molecule has 1 aliphatic heterocycles. The summed E-state index contributed by atoms with van der Waals surface area (Å²) in [6.07, 6.45) is 0.588. The molecular formula is C18H26N8O2S2. The highest BCUT2D eigenvalue weighted by Crippen LogP contribution is 2.33. The Morgan fingerprint density at radius 1 is 1.07 bits per heavy atom. The Morgan fingerprint density at radius 3 is 2.43 bits per heavy atom. The van der Waals surface area contributed by atoms with Crippen LogP contribution in [0, 0.1) is 13.8 Å². The van der Waals surface area contributed by atoms with Crippen molar-refractivity contribution in [3.8, 4) is 11.5 Å². The molecule has 0 spiro atoms. The average molecular weight is 451 g/mol. The molecule has 0 saturated carbocycles. The molecule has 162 valence electrons. The van der Waals surface area contributed by atoms with Gasteiger partial charge in [0.15, 0.2) is 11.0 Å². The maximum Gasteiger partial charge on any atom is 0.247 e. The first kappa shape index (κ1) is 21.1. The van der Waals surface area contributed by atoms with Gasteiger partial charge >= 0.3 is 0 Å². The van der Waals surface area contributed by atoms with Gasteiger partial charge in [-0.1, -0.05) is 18.7 Å². The zero-order valence-electron chi connectivity index (χ0n) is 18.0. The molecule has 0 atom stereocenters. The molecule has 0 fully saturated rings. The molecule has 3 aromatic heterocycles. The number of rotatable bonds is 5. The van der Waals surface area contributed by atoms with Crippen LogP contribution in [0.2, 0.25) is 0 Å². The third-order valence-corrected chi connectivity index (χ3v) is 8.57. The maximum absolute atomic E-state index is 13.5. The minimum Gasteiger partial charge on any atom is -0.304 e. The van der Waals surface area contributed by atoms with Crippen molar-refractivity contribution in [3.63, 3.8) is 0 Å². The van der Waals surface area contributed by atoms with Crippen LogP contribution in [-0.4, -0.2) is 59.3 Å². The highest BCUT2D eigenvalue weighted by atomic mass is 32.2. The van der Waals surface area contributed by atoms with Crippen LogP contribution >= 0.6 is 11.8 Å². The Morgan fingerprint density at radius 2 is 1.80 bits per heavy atom. The third kappa shape index (κ3) is 3.17. The molecule has 0 radical (unpaired) electrons. The van der Waals surface area contributed by atoms with Gasteiger partial charge in [0.05, 0.1) is 11.4 Å². The van der Waals surface area contributed by atoms with Crippen LogP contribution in [0.4, 0.5) is 0 Å². The fourth-order valence-corrected chi connectivity index (χ4v) is 6.43. The predicted molar refractivity (Wildman–Crippen MR) is 114 cm³/mol. The highest BCUT2D eigenvalue weighted by Gasteiger charge is 2.36. The number of hydrogen-bond donors (Lipinski definition) is 0. The monoisotopic (exact) mass is 450 g/mol. The van der Waals surface area contributed by atoms with E-state index in [0.29, 0.717) is 40.8 Å². The van der Waals surface area contributed by atoms with E-state index in [2.05, 4.69) is 27.3 Å². The van der Waals surface area contributed by atoms with Gasteiger partial charge in [-0.2, -0.15) is 14.5 Å². The molecule has 0 saturated heterocycles. The summed E-state index contributed by atoms with van der Waals surface area (Å²) < 4.78 is 33.8. The molecule has 3 aromatic rings. The Bertz CT molecular complexity index is 1220. The Kier molecular flexibility index (Phi) is 5.27. The summed E-state index contributed by atoms with van der Waals surface area (Å²) in [5, 5.41) is 18.4. The summed E-state index contributed by atoms with van der Waals surface area (Å²) in [4.78, 5) is 0.291. The van der Waals surface area contributed by atoms with Crippen molar-refractivity contribution < 1.29 is 8.42 Å². The van der Waals surface area contributed by atoms with Gasteiger partial charge < -0.3 is 4.57 Å². The molecule has 0 aliphatic carbocycles. The Labute approximate surface area is 180 Å². The van der Waals surface area contributed by atoms with Gasteiger partial charge in [0.25, 0.3) is 0 Å². The maximum atomic E-state index is 13.5. The van der Waals surface area contributed by atoms with Crippen molar-refractivity contribution >= 4 is 21.8 Å². The van der Waals surface area contributed by atoms with Gasteiger partial charge in [-0.3, -0.25) is 9.36 Å². The minimum absolute atomic E-state index is 0.248. The number of sulfonamides is 1. The standard InChI is InChI=1S/C18H26N8O2S2/c1-7-29-18-20-19-17(23(18)4)15-13-10-26(9-8-14(13)25(6)22-15)30(27,28)16-11(2)21-24(5)12(16)3/h7-10H2,1-6H3.